The van der Waals surface area contributed by atoms with Crippen LogP contribution in [-0.2, 0) is 4.79 Å². The van der Waals surface area contributed by atoms with Crippen molar-refractivity contribution in [3.8, 4) is 0 Å². The molecule has 1 atom stereocenters. The van der Waals surface area contributed by atoms with Gasteiger partial charge in [0.1, 0.15) is 0 Å². The second-order valence-electron chi connectivity index (χ2n) is 2.69. The van der Waals surface area contributed by atoms with Crippen molar-refractivity contribution in [2.75, 3.05) is 12.3 Å². The van der Waals surface area contributed by atoms with E-state index < -0.39 is 18.1 Å². The highest BCUT2D eigenvalue weighted by atomic mass is 32.2. The van der Waals surface area contributed by atoms with Crippen LogP contribution in [-0.4, -0.2) is 40.5 Å². The smallest absolute Gasteiger partial charge is 0.289 e. The van der Waals surface area contributed by atoms with Gasteiger partial charge in [-0.2, -0.15) is 13.2 Å². The van der Waals surface area contributed by atoms with E-state index in [0.717, 1.165) is 4.90 Å². The molecule has 2 rings (SSSR count). The zero-order chi connectivity index (χ0) is 9.64. The van der Waals surface area contributed by atoms with Gasteiger partial charge in [-0.05, 0) is 0 Å². The summed E-state index contributed by atoms with van der Waals surface area (Å²) in [4.78, 5) is 15.5. The number of amidine groups is 1. The standard InChI is InChI=1S/C6H5F3N2OS/c7-6(8,9)3-4(12)11-1-2-13-5(11)10-3/h3H,1-2H2. The number of alkyl halides is 3. The summed E-state index contributed by atoms with van der Waals surface area (Å²) in [6, 6.07) is -2.16. The van der Waals surface area contributed by atoms with Crippen LogP contribution >= 0.6 is 11.8 Å². The molecule has 0 N–H and O–H groups in total. The third kappa shape index (κ3) is 1.31. The largest absolute Gasteiger partial charge is 0.419 e. The summed E-state index contributed by atoms with van der Waals surface area (Å²) in [5.41, 5.74) is 0. The Kier molecular flexibility index (Phi) is 1.79. The molecule has 2 aliphatic rings. The van der Waals surface area contributed by atoms with Crippen molar-refractivity contribution in [1.82, 2.24) is 4.90 Å². The number of carbonyl (C=O) groups is 1. The maximum absolute atomic E-state index is 12.2. The number of carbonyl (C=O) groups excluding carboxylic acids is 1. The molecule has 0 aromatic heterocycles. The molecule has 0 bridgehead atoms. The molecule has 0 saturated carbocycles. The molecule has 0 aromatic rings. The lowest BCUT2D eigenvalue weighted by Gasteiger charge is -2.12. The molecule has 0 radical (unpaired) electrons. The predicted octanol–water partition coefficient (Wildman–Crippen LogP) is 0.862. The van der Waals surface area contributed by atoms with Gasteiger partial charge >= 0.3 is 6.18 Å². The Balaban J connectivity index is 2.27. The van der Waals surface area contributed by atoms with E-state index in [2.05, 4.69) is 4.99 Å². The molecule has 0 aromatic carbocycles. The highest BCUT2D eigenvalue weighted by Gasteiger charge is 2.52. The molecule has 1 unspecified atom stereocenters. The summed E-state index contributed by atoms with van der Waals surface area (Å²) < 4.78 is 36.5. The second kappa shape index (κ2) is 2.63. The minimum absolute atomic E-state index is 0.215. The summed E-state index contributed by atoms with van der Waals surface area (Å²) in [6.07, 6.45) is -4.55. The van der Waals surface area contributed by atoms with E-state index >= 15 is 0 Å². The summed E-state index contributed by atoms with van der Waals surface area (Å²) in [7, 11) is 0. The average molecular weight is 210 g/mol. The molecule has 0 spiro atoms. The Morgan fingerprint density at radius 1 is 1.54 bits per heavy atom. The third-order valence-electron chi connectivity index (χ3n) is 1.83. The molecule has 1 saturated heterocycles. The normalized spacial score (nSPS) is 27.9. The van der Waals surface area contributed by atoms with E-state index in [0.29, 0.717) is 12.3 Å². The summed E-state index contributed by atoms with van der Waals surface area (Å²) in [5.74, 6) is -0.303. The van der Waals surface area contributed by atoms with Crippen LogP contribution in [0.2, 0.25) is 0 Å². The van der Waals surface area contributed by atoms with Gasteiger partial charge in [0.25, 0.3) is 5.91 Å². The predicted molar refractivity (Wildman–Crippen MR) is 41.4 cm³/mol. The molecule has 72 valence electrons. The fraction of sp³-hybridized carbons (Fsp3) is 0.667. The molecule has 2 heterocycles. The fourth-order valence-corrected chi connectivity index (χ4v) is 2.21. The van der Waals surface area contributed by atoms with E-state index in [1.54, 1.807) is 0 Å². The molecule has 0 aliphatic carbocycles. The van der Waals surface area contributed by atoms with Crippen LogP contribution in [0, 0.1) is 0 Å². The molecule has 3 nitrogen and oxygen atoms in total. The maximum atomic E-state index is 12.2. The first-order valence-corrected chi connectivity index (χ1v) is 4.57. The Bertz CT molecular complexity index is 288. The van der Waals surface area contributed by atoms with Gasteiger partial charge < -0.3 is 0 Å². The molecular formula is C6H5F3N2OS. The van der Waals surface area contributed by atoms with Gasteiger partial charge in [0.15, 0.2) is 5.17 Å². The van der Waals surface area contributed by atoms with Gasteiger partial charge in [-0.1, -0.05) is 11.8 Å². The van der Waals surface area contributed by atoms with Gasteiger partial charge in [0.2, 0.25) is 6.04 Å². The molecule has 7 heteroatoms. The molecule has 1 amide bonds. The van der Waals surface area contributed by atoms with Crippen LogP contribution in [0.25, 0.3) is 0 Å². The van der Waals surface area contributed by atoms with Crippen LogP contribution in [0.5, 0.6) is 0 Å². The second-order valence-corrected chi connectivity index (χ2v) is 3.76. The average Bonchev–Trinajstić information content (AvgIpc) is 2.51. The van der Waals surface area contributed by atoms with Gasteiger partial charge in [0, 0.05) is 12.3 Å². The number of thioether (sulfide) groups is 1. The maximum Gasteiger partial charge on any atom is 0.419 e. The van der Waals surface area contributed by atoms with Crippen molar-refractivity contribution in [3.05, 3.63) is 0 Å². The van der Waals surface area contributed by atoms with Gasteiger partial charge in [-0.3, -0.25) is 9.69 Å². The van der Waals surface area contributed by atoms with Crippen LogP contribution in [0.15, 0.2) is 4.99 Å². The molecule has 2 aliphatic heterocycles. The summed E-state index contributed by atoms with van der Waals surface area (Å²) in [5, 5.41) is 0.215. The van der Waals surface area contributed by atoms with Gasteiger partial charge in [-0.25, -0.2) is 4.99 Å². The number of rotatable bonds is 0. The van der Waals surface area contributed by atoms with Crippen LogP contribution in [0.4, 0.5) is 13.2 Å². The highest BCUT2D eigenvalue weighted by Crippen LogP contribution is 2.33. The lowest BCUT2D eigenvalue weighted by atomic mass is 10.3. The first-order chi connectivity index (χ1) is 6.00. The number of aliphatic imine (C=N–C) groups is 1. The minimum atomic E-state index is -4.55. The van der Waals surface area contributed by atoms with Crippen LogP contribution in [0.1, 0.15) is 0 Å². The first kappa shape index (κ1) is 8.86. The molecule has 1 fully saturated rings. The van der Waals surface area contributed by atoms with E-state index in [1.165, 1.54) is 11.8 Å². The van der Waals surface area contributed by atoms with Crippen molar-refractivity contribution in [1.29, 1.82) is 0 Å². The SMILES string of the molecule is O=C1C(C(F)(F)F)N=C2SCCN12. The number of fused-ring (bicyclic) bond motifs is 1. The fourth-order valence-electron chi connectivity index (χ4n) is 1.24. The zero-order valence-electron chi connectivity index (χ0n) is 6.34. The number of nitrogens with zero attached hydrogens (tertiary/aromatic N) is 2. The Morgan fingerprint density at radius 2 is 2.23 bits per heavy atom. The quantitative estimate of drug-likeness (QED) is 0.594. The minimum Gasteiger partial charge on any atom is -0.289 e. The Labute approximate surface area is 76.0 Å². The van der Waals surface area contributed by atoms with Crippen molar-refractivity contribution < 1.29 is 18.0 Å². The van der Waals surface area contributed by atoms with E-state index in [-0.39, 0.29) is 5.17 Å². The third-order valence-corrected chi connectivity index (χ3v) is 2.80. The van der Waals surface area contributed by atoms with Crippen LogP contribution < -0.4 is 0 Å². The summed E-state index contributed by atoms with van der Waals surface area (Å²) in [6.45, 7) is 0.342. The topological polar surface area (TPSA) is 32.7 Å². The summed E-state index contributed by atoms with van der Waals surface area (Å²) >= 11 is 1.19. The van der Waals surface area contributed by atoms with E-state index in [4.69, 9.17) is 0 Å². The van der Waals surface area contributed by atoms with E-state index in [9.17, 15) is 18.0 Å². The monoisotopic (exact) mass is 210 g/mol. The lowest BCUT2D eigenvalue weighted by molar-refractivity contribution is -0.163. The van der Waals surface area contributed by atoms with Crippen LogP contribution in [0.3, 0.4) is 0 Å². The van der Waals surface area contributed by atoms with Gasteiger partial charge in [0.05, 0.1) is 0 Å². The number of amides is 1. The number of halogens is 3. The Morgan fingerprint density at radius 3 is 2.77 bits per heavy atom. The molecular weight excluding hydrogens is 205 g/mol. The van der Waals surface area contributed by atoms with Crippen molar-refractivity contribution in [2.24, 2.45) is 4.99 Å². The highest BCUT2D eigenvalue weighted by molar-refractivity contribution is 8.14. The van der Waals surface area contributed by atoms with Gasteiger partial charge in [-0.15, -0.1) is 0 Å². The lowest BCUT2D eigenvalue weighted by Crippen LogP contribution is -2.39. The van der Waals surface area contributed by atoms with E-state index in [1.807, 2.05) is 0 Å². The zero-order valence-corrected chi connectivity index (χ0v) is 7.15. The van der Waals surface area contributed by atoms with Crippen molar-refractivity contribution in [2.45, 2.75) is 12.2 Å². The molecule has 13 heavy (non-hydrogen) atoms. The Hall–Kier alpha value is -0.720. The number of hydrogen-bond acceptors (Lipinski definition) is 3. The first-order valence-electron chi connectivity index (χ1n) is 3.59. The number of hydrogen-bond donors (Lipinski definition) is 0. The van der Waals surface area contributed by atoms with Crippen molar-refractivity contribution >= 4 is 22.8 Å². The van der Waals surface area contributed by atoms with Crippen molar-refractivity contribution in [3.63, 3.8) is 0 Å².